The first kappa shape index (κ1) is 18.5. The first-order valence-corrected chi connectivity index (χ1v) is 9.38. The van der Waals surface area contributed by atoms with E-state index in [1.54, 1.807) is 30.3 Å². The van der Waals surface area contributed by atoms with Crippen molar-refractivity contribution in [2.75, 3.05) is 0 Å². The number of phenolic OH excluding ortho intramolecular Hbond substituents is 1. The number of nitrogens with zero attached hydrogens (tertiary/aromatic N) is 2. The summed E-state index contributed by atoms with van der Waals surface area (Å²) in [6.45, 7) is 0.238. The lowest BCUT2D eigenvalue weighted by atomic mass is 10.1. The Bertz CT molecular complexity index is 921. The molecule has 128 valence electrons. The topological polar surface area (TPSA) is 55.2 Å². The van der Waals surface area contributed by atoms with Crippen LogP contribution in [0.1, 0.15) is 5.56 Å². The van der Waals surface area contributed by atoms with Crippen molar-refractivity contribution >= 4 is 55.1 Å². The maximum Gasteiger partial charge on any atom is 0.233 e. The quantitative estimate of drug-likeness (QED) is 0.455. The average Bonchev–Trinajstić information content (AvgIpc) is 2.62. The van der Waals surface area contributed by atoms with E-state index in [9.17, 15) is 5.11 Å². The number of ether oxygens (including phenoxy) is 1. The summed E-state index contributed by atoms with van der Waals surface area (Å²) in [4.78, 5) is 0. The number of halogens is 4. The van der Waals surface area contributed by atoms with Crippen LogP contribution in [0.2, 0.25) is 10.0 Å². The third kappa shape index (κ3) is 4.08. The maximum atomic E-state index is 9.68. The van der Waals surface area contributed by atoms with Crippen molar-refractivity contribution in [1.82, 2.24) is 10.2 Å². The Morgan fingerprint density at radius 1 is 0.960 bits per heavy atom. The lowest BCUT2D eigenvalue weighted by molar-refractivity contribution is 0.290. The van der Waals surface area contributed by atoms with E-state index < -0.39 is 0 Å². The van der Waals surface area contributed by atoms with Crippen LogP contribution in [0.25, 0.3) is 11.3 Å². The molecule has 1 aromatic heterocycles. The van der Waals surface area contributed by atoms with E-state index in [0.29, 0.717) is 30.6 Å². The van der Waals surface area contributed by atoms with E-state index in [1.165, 1.54) is 0 Å². The van der Waals surface area contributed by atoms with Crippen molar-refractivity contribution in [1.29, 1.82) is 0 Å². The van der Waals surface area contributed by atoms with E-state index in [1.807, 2.05) is 12.1 Å². The number of aromatic nitrogens is 2. The molecule has 3 aromatic rings. The van der Waals surface area contributed by atoms with Crippen LogP contribution in [-0.2, 0) is 6.61 Å². The van der Waals surface area contributed by atoms with Crippen molar-refractivity contribution < 1.29 is 9.84 Å². The Labute approximate surface area is 171 Å². The van der Waals surface area contributed by atoms with Crippen LogP contribution >= 0.6 is 55.1 Å². The monoisotopic (exact) mass is 502 g/mol. The van der Waals surface area contributed by atoms with Gasteiger partial charge in [-0.1, -0.05) is 35.3 Å². The van der Waals surface area contributed by atoms with E-state index in [4.69, 9.17) is 27.9 Å². The summed E-state index contributed by atoms with van der Waals surface area (Å²) in [5.41, 5.74) is 2.20. The summed E-state index contributed by atoms with van der Waals surface area (Å²) in [6, 6.07) is 12.2. The fourth-order valence-electron chi connectivity index (χ4n) is 2.09. The molecule has 0 amide bonds. The molecule has 0 saturated carbocycles. The zero-order valence-electron chi connectivity index (χ0n) is 12.5. The molecule has 1 heterocycles. The van der Waals surface area contributed by atoms with Gasteiger partial charge < -0.3 is 9.84 Å². The summed E-state index contributed by atoms with van der Waals surface area (Å²) in [5, 5.41) is 18.9. The normalized spacial score (nSPS) is 10.7. The number of rotatable bonds is 4. The van der Waals surface area contributed by atoms with Gasteiger partial charge in [0.2, 0.25) is 5.88 Å². The Hall–Kier alpha value is -1.34. The van der Waals surface area contributed by atoms with E-state index in [2.05, 4.69) is 42.1 Å². The molecule has 0 aliphatic rings. The summed E-state index contributed by atoms with van der Waals surface area (Å²) in [5.74, 6) is 0.510. The molecule has 25 heavy (non-hydrogen) atoms. The van der Waals surface area contributed by atoms with Crippen LogP contribution < -0.4 is 4.74 Å². The molecule has 3 rings (SSSR count). The minimum Gasteiger partial charge on any atom is -0.507 e. The van der Waals surface area contributed by atoms with Crippen LogP contribution in [0.3, 0.4) is 0 Å². The van der Waals surface area contributed by atoms with Gasteiger partial charge in [0.1, 0.15) is 12.4 Å². The Kier molecular flexibility index (Phi) is 5.84. The second kappa shape index (κ2) is 7.91. The average molecular weight is 505 g/mol. The standard InChI is InChI=1S/C17H10Br2Cl2N2O2/c18-15-10(4-6-13(24)16(15)19)12-5-7-14(23-22-12)25-8-9-2-1-3-11(20)17(9)21/h1-7,24H,8H2. The van der Waals surface area contributed by atoms with Crippen LogP contribution in [0.15, 0.2) is 51.4 Å². The predicted molar refractivity (Wildman–Crippen MR) is 105 cm³/mol. The molecule has 0 fully saturated rings. The molecule has 2 aromatic carbocycles. The Balaban J connectivity index is 1.77. The molecular formula is C17H10Br2Cl2N2O2. The largest absolute Gasteiger partial charge is 0.507 e. The summed E-state index contributed by atoms with van der Waals surface area (Å²) < 4.78 is 6.87. The third-order valence-corrected chi connectivity index (χ3v) is 6.40. The van der Waals surface area contributed by atoms with Crippen molar-refractivity contribution in [3.05, 3.63) is 67.0 Å². The minimum atomic E-state index is 0.141. The molecule has 0 atom stereocenters. The van der Waals surface area contributed by atoms with Crippen LogP contribution in [0.5, 0.6) is 11.6 Å². The molecule has 0 radical (unpaired) electrons. The highest BCUT2D eigenvalue weighted by molar-refractivity contribution is 9.13. The second-order valence-electron chi connectivity index (χ2n) is 5.02. The zero-order valence-corrected chi connectivity index (χ0v) is 17.2. The smallest absolute Gasteiger partial charge is 0.233 e. The van der Waals surface area contributed by atoms with Gasteiger partial charge in [0.25, 0.3) is 0 Å². The van der Waals surface area contributed by atoms with Gasteiger partial charge in [0, 0.05) is 21.7 Å². The van der Waals surface area contributed by atoms with Gasteiger partial charge in [-0.05, 0) is 56.1 Å². The molecule has 0 bridgehead atoms. The predicted octanol–water partition coefficient (Wildman–Crippen LogP) is 6.26. The van der Waals surface area contributed by atoms with Gasteiger partial charge in [0.05, 0.1) is 20.2 Å². The highest BCUT2D eigenvalue weighted by Gasteiger charge is 2.12. The molecule has 8 heteroatoms. The highest BCUT2D eigenvalue weighted by atomic mass is 79.9. The molecular weight excluding hydrogens is 495 g/mol. The van der Waals surface area contributed by atoms with Crippen molar-refractivity contribution in [2.24, 2.45) is 0 Å². The molecule has 0 unspecified atom stereocenters. The lowest BCUT2D eigenvalue weighted by Gasteiger charge is -2.09. The summed E-state index contributed by atoms with van der Waals surface area (Å²) in [7, 11) is 0. The third-order valence-electron chi connectivity index (χ3n) is 3.39. The van der Waals surface area contributed by atoms with Crippen molar-refractivity contribution in [3.8, 4) is 22.9 Å². The van der Waals surface area contributed by atoms with E-state index in [-0.39, 0.29) is 12.4 Å². The van der Waals surface area contributed by atoms with E-state index in [0.717, 1.165) is 11.1 Å². The van der Waals surface area contributed by atoms with Crippen molar-refractivity contribution in [3.63, 3.8) is 0 Å². The number of hydrogen-bond acceptors (Lipinski definition) is 4. The fraction of sp³-hybridized carbons (Fsp3) is 0.0588. The first-order valence-electron chi connectivity index (χ1n) is 7.04. The first-order chi connectivity index (χ1) is 12.0. The van der Waals surface area contributed by atoms with Gasteiger partial charge >= 0.3 is 0 Å². The van der Waals surface area contributed by atoms with Crippen LogP contribution in [-0.4, -0.2) is 15.3 Å². The summed E-state index contributed by atoms with van der Waals surface area (Å²) in [6.07, 6.45) is 0. The SMILES string of the molecule is Oc1ccc(-c2ccc(OCc3cccc(Cl)c3Cl)nn2)c(Br)c1Br. The molecule has 1 N–H and O–H groups in total. The number of benzene rings is 2. The van der Waals surface area contributed by atoms with Gasteiger partial charge in [-0.25, -0.2) is 0 Å². The van der Waals surface area contributed by atoms with Gasteiger partial charge in [0.15, 0.2) is 0 Å². The van der Waals surface area contributed by atoms with Gasteiger partial charge in [-0.15, -0.1) is 10.2 Å². The molecule has 0 spiro atoms. The second-order valence-corrected chi connectivity index (χ2v) is 7.39. The molecule has 0 aliphatic carbocycles. The number of aromatic hydroxyl groups is 1. The van der Waals surface area contributed by atoms with Gasteiger partial charge in [-0.2, -0.15) is 0 Å². The minimum absolute atomic E-state index is 0.141. The summed E-state index contributed by atoms with van der Waals surface area (Å²) >= 11 is 18.9. The highest BCUT2D eigenvalue weighted by Crippen LogP contribution is 2.38. The lowest BCUT2D eigenvalue weighted by Crippen LogP contribution is -2.00. The maximum absolute atomic E-state index is 9.68. The molecule has 0 saturated heterocycles. The van der Waals surface area contributed by atoms with E-state index >= 15 is 0 Å². The Morgan fingerprint density at radius 3 is 2.48 bits per heavy atom. The molecule has 0 aliphatic heterocycles. The Morgan fingerprint density at radius 2 is 1.76 bits per heavy atom. The van der Waals surface area contributed by atoms with Crippen LogP contribution in [0.4, 0.5) is 0 Å². The van der Waals surface area contributed by atoms with Crippen LogP contribution in [0, 0.1) is 0 Å². The number of hydrogen-bond donors (Lipinski definition) is 1. The molecule has 4 nitrogen and oxygen atoms in total. The number of phenols is 1. The van der Waals surface area contributed by atoms with Crippen molar-refractivity contribution in [2.45, 2.75) is 6.61 Å². The zero-order chi connectivity index (χ0) is 18.0. The van der Waals surface area contributed by atoms with Gasteiger partial charge in [-0.3, -0.25) is 0 Å². The fourth-order valence-corrected chi connectivity index (χ4v) is 3.35.